The predicted molar refractivity (Wildman–Crippen MR) is 496 cm³/mol. The van der Waals surface area contributed by atoms with Gasteiger partial charge in [-0.2, -0.15) is 0 Å². The number of aromatic amines is 1. The molecule has 20 aromatic rings. The monoisotopic (exact) mass is 1510 g/mol. The third-order valence-corrected chi connectivity index (χ3v) is 25.1. The molecule has 0 saturated carbocycles. The first-order chi connectivity index (χ1) is 64.0. The lowest BCUT2D eigenvalue weighted by Gasteiger charge is -2.42. The molecule has 0 amide bonds. The smallest absolute Gasteiger partial charge is 0.252 e. The Labute approximate surface area is 703 Å². The normalized spacial score (nSPS) is 16.8. The summed E-state index contributed by atoms with van der Waals surface area (Å²) in [6, 6.07) is 78.5. The van der Waals surface area contributed by atoms with Crippen LogP contribution in [0, 0.1) is 5.41 Å². The molecule has 1 aliphatic carbocycles. The van der Waals surface area contributed by atoms with Gasteiger partial charge in [-0.1, -0.05) is 326 Å². The number of allylic oxidation sites excluding steroid dienone is 2. The van der Waals surface area contributed by atoms with Gasteiger partial charge in [0.2, 0.25) is 0 Å². The first-order valence-electron chi connectivity index (χ1n) is 48.0. The molecule has 0 saturated heterocycles. The fourth-order valence-electron chi connectivity index (χ4n) is 19.9. The van der Waals surface area contributed by atoms with Crippen LogP contribution in [0.5, 0.6) is 0 Å². The van der Waals surface area contributed by atoms with Gasteiger partial charge in [-0.25, -0.2) is 0 Å². The van der Waals surface area contributed by atoms with E-state index in [1.165, 1.54) is 11.1 Å². The Bertz CT molecular complexity index is 8500. The number of hydrogen-bond donors (Lipinski definition) is 1. The molecule has 0 bridgehead atoms. The van der Waals surface area contributed by atoms with Gasteiger partial charge in [0.15, 0.2) is 0 Å². The molecule has 0 spiro atoms. The van der Waals surface area contributed by atoms with Crippen molar-refractivity contribution in [2.75, 3.05) is 9.80 Å². The first-order valence-corrected chi connectivity index (χ1v) is 40.0. The van der Waals surface area contributed by atoms with E-state index in [0.29, 0.717) is 22.4 Å². The van der Waals surface area contributed by atoms with Crippen molar-refractivity contribution in [2.24, 2.45) is 5.41 Å². The zero-order valence-corrected chi connectivity index (χ0v) is 64.9. The second-order valence-corrected chi connectivity index (χ2v) is 33.5. The van der Waals surface area contributed by atoms with Crippen molar-refractivity contribution in [3.63, 3.8) is 0 Å². The Hall–Kier alpha value is -14.1. The van der Waals surface area contributed by atoms with E-state index in [1.807, 2.05) is 72.8 Å². The fourth-order valence-corrected chi connectivity index (χ4v) is 19.9. The molecule has 2 atom stereocenters. The minimum Gasteiger partial charge on any atom is -0.354 e. The molecule has 4 aromatic heterocycles. The summed E-state index contributed by atoms with van der Waals surface area (Å²) < 4.78 is 158. The third-order valence-electron chi connectivity index (χ3n) is 25.1. The summed E-state index contributed by atoms with van der Waals surface area (Å²) in [5.74, 6) is -0.126. The quantitative estimate of drug-likeness (QED) is 0.146. The molecule has 117 heavy (non-hydrogen) atoms. The molecule has 1 N–H and O–H groups in total. The zero-order chi connectivity index (χ0) is 91.8. The molecule has 0 fully saturated rings. The molecule has 6 nitrogen and oxygen atoms in total. The Morgan fingerprint density at radius 3 is 1.48 bits per heavy atom. The zero-order valence-electron chi connectivity index (χ0n) is 80.9. The lowest BCUT2D eigenvalue weighted by Crippen LogP contribution is -2.60. The van der Waals surface area contributed by atoms with Crippen LogP contribution in [-0.4, -0.2) is 31.4 Å². The van der Waals surface area contributed by atoms with Crippen molar-refractivity contribution >= 4 is 139 Å². The summed E-state index contributed by atoms with van der Waals surface area (Å²) in [4.78, 5) is 9.08. The van der Waals surface area contributed by atoms with Gasteiger partial charge in [0.1, 0.15) is 0 Å². The van der Waals surface area contributed by atoms with Gasteiger partial charge in [-0.3, -0.25) is 0 Å². The van der Waals surface area contributed by atoms with E-state index in [2.05, 4.69) is 255 Å². The second-order valence-electron chi connectivity index (χ2n) is 33.5. The average Bonchev–Trinajstić information content (AvgIpc) is 1.55. The first kappa shape index (κ1) is 53.0. The summed E-state index contributed by atoms with van der Waals surface area (Å²) in [6.07, 6.45) is 7.07. The molecule has 3 aliphatic heterocycles. The van der Waals surface area contributed by atoms with Gasteiger partial charge in [0.05, 0.1) is 78.0 Å². The maximum absolute atomic E-state index is 10.1. The summed E-state index contributed by atoms with van der Waals surface area (Å²) in [5.41, 5.74) is 23.7. The SMILES string of the molecule is [2H]c1c([2H])c([2H])c2c(c1[2H])c1c([2H])c([2H])c([2H])c([2H])c1n2-c1ccc2c(c1)N(c1c(-c3ccccc3)cccc1-c1ccccc1)c1c3c(cc4[nH]c5c(-c6ccccc6-c6ccccc6-c6ccccc6)cccc5c14)-n1c4ccc(-n5c6c([2H])c([2H])c([2H])c([2H])c6c6c([2H])c([2H])c([2H])c([2H])c65)cc4c4cc(N5c6ccc(C(C)(C)C)cc6C6C=C(C(C)(C)C)C=CC65)cc(c41)B23. The molecular weight excluding hydrogens is 1420 g/mol. The Morgan fingerprint density at radius 1 is 0.368 bits per heavy atom. The van der Waals surface area contributed by atoms with Crippen LogP contribution >= 0.6 is 0 Å². The Balaban J connectivity index is 0.900. The van der Waals surface area contributed by atoms with Gasteiger partial charge >= 0.3 is 0 Å². The minimum atomic E-state index is -0.756. The van der Waals surface area contributed by atoms with Crippen LogP contribution in [-0.2, 0) is 5.41 Å². The number of H-pyrrole nitrogens is 1. The second kappa shape index (κ2) is 25.2. The van der Waals surface area contributed by atoms with E-state index in [9.17, 15) is 19.2 Å². The number of para-hydroxylation sites is 6. The van der Waals surface area contributed by atoms with Crippen LogP contribution in [0.2, 0.25) is 0 Å². The summed E-state index contributed by atoms with van der Waals surface area (Å²) >= 11 is 0. The van der Waals surface area contributed by atoms with Gasteiger partial charge in [0.25, 0.3) is 6.71 Å². The number of nitrogens with zero attached hydrogens (tertiary/aromatic N) is 5. The van der Waals surface area contributed by atoms with Gasteiger partial charge < -0.3 is 28.5 Å². The number of fused-ring (bicyclic) bond motifs is 20. The van der Waals surface area contributed by atoms with Crippen molar-refractivity contribution in [2.45, 2.75) is 58.9 Å². The minimum absolute atomic E-state index is 0.0178. The highest BCUT2D eigenvalue weighted by molar-refractivity contribution is 7.00. The van der Waals surface area contributed by atoms with Crippen molar-refractivity contribution < 1.29 is 21.9 Å². The van der Waals surface area contributed by atoms with Crippen LogP contribution in [0.25, 0.3) is 160 Å². The molecule has 24 rings (SSSR count). The van der Waals surface area contributed by atoms with Crippen LogP contribution < -0.4 is 26.2 Å². The summed E-state index contributed by atoms with van der Waals surface area (Å²) in [6.45, 7) is 12.7. The Morgan fingerprint density at radius 2 is 0.880 bits per heavy atom. The standard InChI is InChI=1S/C110H81BN6/c1-109(2,3)70-52-57-98-87(60-70)88-61-71(110(4,5)6)53-58-99(88)115(98)74-63-90-89-62-72(113-94-48-24-20-40-81(94)82-41-21-25-49-95(82)113)55-59-100(89)116-102-66-93-103(86-47-29-46-85(105(86)112-93)80-39-19-18-38-79(80)78-37-17-16-36-75(78)67-30-10-7-11-31-67)108-104(102)111(92(64-74)107(90)116)91-56-54-73(114-96-50-26-22-42-83(96)84-43-23-27-51-97(84)114)65-101(91)117(108)106-76(68-32-12-8-13-33-68)44-28-45-77(106)69-34-14-9-15-35-69/h7-66,87,98,112H,1-6H3/i20D,21D,22D,23D,24D,25D,26D,27D,40D,41D,42D,43D,48D,49D,50D,51D. The molecule has 7 heteroatoms. The largest absolute Gasteiger partial charge is 0.354 e. The van der Waals surface area contributed by atoms with Gasteiger partial charge in [-0.15, -0.1) is 0 Å². The highest BCUT2D eigenvalue weighted by Gasteiger charge is 2.47. The molecule has 0 radical (unpaired) electrons. The van der Waals surface area contributed by atoms with Crippen LogP contribution in [0.3, 0.4) is 0 Å². The molecule has 554 valence electrons. The van der Waals surface area contributed by atoms with E-state index < -0.39 is 103 Å². The molecule has 7 heterocycles. The molecule has 4 aliphatic rings. The van der Waals surface area contributed by atoms with E-state index in [1.54, 1.807) is 9.13 Å². The van der Waals surface area contributed by atoms with Crippen molar-refractivity contribution in [1.82, 2.24) is 18.7 Å². The van der Waals surface area contributed by atoms with Crippen LogP contribution in [0.4, 0.5) is 28.4 Å². The number of aromatic nitrogens is 4. The molecule has 16 aromatic carbocycles. The molecular formula is C110H81BN6. The van der Waals surface area contributed by atoms with E-state index >= 15 is 0 Å². The summed E-state index contributed by atoms with van der Waals surface area (Å²) in [7, 11) is 0. The maximum Gasteiger partial charge on any atom is 0.252 e. The lowest BCUT2D eigenvalue weighted by molar-refractivity contribution is 0.507. The van der Waals surface area contributed by atoms with Crippen molar-refractivity contribution in [3.8, 4) is 72.7 Å². The number of hydrogen-bond acceptors (Lipinski definition) is 2. The Kier molecular flexibility index (Phi) is 11.4. The van der Waals surface area contributed by atoms with Crippen molar-refractivity contribution in [1.29, 1.82) is 0 Å². The number of nitrogens with one attached hydrogen (secondary N) is 1. The van der Waals surface area contributed by atoms with E-state index in [0.717, 1.165) is 144 Å². The van der Waals surface area contributed by atoms with Gasteiger partial charge in [0, 0.05) is 105 Å². The van der Waals surface area contributed by atoms with E-state index in [4.69, 9.17) is 2.74 Å². The number of rotatable bonds is 9. The lowest BCUT2D eigenvalue weighted by atomic mass is 9.33. The molecule has 2 unspecified atom stereocenters. The number of benzene rings is 16. The third kappa shape index (κ3) is 9.93. The fraction of sp³-hybridized carbons (Fsp3) is 0.0909. The summed E-state index contributed by atoms with van der Waals surface area (Å²) in [5, 5.41) is 2.99. The highest BCUT2D eigenvalue weighted by Crippen LogP contribution is 2.57. The topological polar surface area (TPSA) is 37.1 Å². The van der Waals surface area contributed by atoms with E-state index in [-0.39, 0.29) is 66.4 Å². The van der Waals surface area contributed by atoms with Gasteiger partial charge in [-0.05, 0) is 162 Å². The highest BCUT2D eigenvalue weighted by atomic mass is 15.2. The average molecular weight is 1510 g/mol. The van der Waals surface area contributed by atoms with Crippen molar-refractivity contribution in [3.05, 3.63) is 380 Å². The maximum atomic E-state index is 10.1. The predicted octanol–water partition coefficient (Wildman–Crippen LogP) is 27.0. The van der Waals surface area contributed by atoms with Crippen LogP contribution in [0.15, 0.2) is 369 Å². The number of anilines is 5. The van der Waals surface area contributed by atoms with Crippen LogP contribution in [0.1, 0.15) is 80.5 Å².